The maximum atomic E-state index is 11.4. The fourth-order valence-corrected chi connectivity index (χ4v) is 1.15. The van der Waals surface area contributed by atoms with Crippen LogP contribution in [0.1, 0.15) is 6.42 Å². The molecule has 1 aromatic carbocycles. The van der Waals surface area contributed by atoms with Gasteiger partial charge in [0.15, 0.2) is 0 Å². The van der Waals surface area contributed by atoms with Gasteiger partial charge in [0.05, 0.1) is 12.5 Å². The van der Waals surface area contributed by atoms with Gasteiger partial charge in [-0.3, -0.25) is 4.79 Å². The highest BCUT2D eigenvalue weighted by Crippen LogP contribution is 2.09. The molecule has 0 aromatic heterocycles. The Morgan fingerprint density at radius 3 is 2.61 bits per heavy atom. The smallest absolute Gasteiger partial charge is 0.330 e. The number of carbonyl (C=O) groups excluding carboxylic acids is 2. The first-order chi connectivity index (χ1) is 8.61. The molecule has 18 heavy (non-hydrogen) atoms. The summed E-state index contributed by atoms with van der Waals surface area (Å²) in [5.41, 5.74) is 0. The Morgan fingerprint density at radius 1 is 1.33 bits per heavy atom. The molecule has 0 fully saturated rings. The summed E-state index contributed by atoms with van der Waals surface area (Å²) in [6, 6.07) is 8.50. The summed E-state index contributed by atoms with van der Waals surface area (Å²) >= 11 is 0. The van der Waals surface area contributed by atoms with Crippen LogP contribution in [-0.2, 0) is 14.3 Å². The number of aliphatic hydroxyl groups is 1. The normalized spacial score (nSPS) is 11.4. The van der Waals surface area contributed by atoms with E-state index in [1.807, 2.05) is 0 Å². The molecule has 1 unspecified atom stereocenters. The number of rotatable bonds is 6. The van der Waals surface area contributed by atoms with E-state index >= 15 is 0 Å². The zero-order chi connectivity index (χ0) is 13.4. The highest BCUT2D eigenvalue weighted by Gasteiger charge is 2.14. The van der Waals surface area contributed by atoms with E-state index in [4.69, 9.17) is 4.74 Å². The summed E-state index contributed by atoms with van der Waals surface area (Å²) in [5.74, 6) is -0.841. The lowest BCUT2D eigenvalue weighted by molar-refractivity contribution is -0.144. The average Bonchev–Trinajstić information content (AvgIpc) is 2.37. The van der Waals surface area contributed by atoms with Crippen molar-refractivity contribution in [3.63, 3.8) is 0 Å². The van der Waals surface area contributed by atoms with E-state index in [1.165, 1.54) is 0 Å². The van der Waals surface area contributed by atoms with Gasteiger partial charge in [0, 0.05) is 6.08 Å². The van der Waals surface area contributed by atoms with Gasteiger partial charge in [0.2, 0.25) is 0 Å². The van der Waals surface area contributed by atoms with Gasteiger partial charge in [-0.1, -0.05) is 24.8 Å². The number of ether oxygens (including phenoxy) is 2. The molecule has 5 heteroatoms. The molecule has 0 saturated carbocycles. The minimum atomic E-state index is -1.09. The number of carbonyl (C=O) groups is 2. The summed E-state index contributed by atoms with van der Waals surface area (Å²) in [6.45, 7) is 2.94. The molecule has 0 radical (unpaired) electrons. The molecule has 0 amide bonds. The molecule has 96 valence electrons. The molecule has 1 aromatic rings. The summed E-state index contributed by atoms with van der Waals surface area (Å²) in [5, 5.41) is 9.43. The fraction of sp³-hybridized carbons (Fsp3) is 0.231. The summed E-state index contributed by atoms with van der Waals surface area (Å²) in [6.07, 6.45) is -0.362. The SMILES string of the molecule is C=CC(=O)OCC(O)CC(=O)Oc1ccccc1. The number of esters is 2. The van der Waals surface area contributed by atoms with Crippen molar-refractivity contribution in [3.8, 4) is 5.75 Å². The van der Waals surface area contributed by atoms with Crippen LogP contribution in [0.15, 0.2) is 43.0 Å². The maximum absolute atomic E-state index is 11.4. The Bertz CT molecular complexity index is 413. The van der Waals surface area contributed by atoms with Gasteiger partial charge >= 0.3 is 11.9 Å². The third kappa shape index (κ3) is 5.27. The zero-order valence-corrected chi connectivity index (χ0v) is 9.74. The van der Waals surface area contributed by atoms with E-state index in [0.717, 1.165) is 6.08 Å². The quantitative estimate of drug-likeness (QED) is 0.464. The number of benzene rings is 1. The Hall–Kier alpha value is -2.14. The van der Waals surface area contributed by atoms with Crippen molar-refractivity contribution in [1.82, 2.24) is 0 Å². The zero-order valence-electron chi connectivity index (χ0n) is 9.74. The van der Waals surface area contributed by atoms with Crippen molar-refractivity contribution in [2.24, 2.45) is 0 Å². The summed E-state index contributed by atoms with van der Waals surface area (Å²) in [7, 11) is 0. The van der Waals surface area contributed by atoms with Gasteiger partial charge in [-0.15, -0.1) is 0 Å². The lowest BCUT2D eigenvalue weighted by Crippen LogP contribution is -2.23. The molecule has 1 atom stereocenters. The van der Waals surface area contributed by atoms with E-state index in [0.29, 0.717) is 5.75 Å². The molecule has 0 aliphatic carbocycles. The molecule has 0 saturated heterocycles. The van der Waals surface area contributed by atoms with Gasteiger partial charge < -0.3 is 14.6 Å². The third-order valence-electron chi connectivity index (χ3n) is 1.96. The number of hydrogen-bond acceptors (Lipinski definition) is 5. The maximum Gasteiger partial charge on any atom is 0.330 e. The van der Waals surface area contributed by atoms with Crippen LogP contribution in [0.2, 0.25) is 0 Å². The molecule has 0 spiro atoms. The standard InChI is InChI=1S/C13H14O5/c1-2-12(15)17-9-10(14)8-13(16)18-11-6-4-3-5-7-11/h2-7,10,14H,1,8-9H2. The van der Waals surface area contributed by atoms with Crippen LogP contribution < -0.4 is 4.74 Å². The van der Waals surface area contributed by atoms with Gasteiger partial charge in [-0.25, -0.2) is 4.79 Å². The molecular formula is C13H14O5. The second-order valence-electron chi connectivity index (χ2n) is 3.48. The van der Waals surface area contributed by atoms with Gasteiger partial charge in [-0.2, -0.15) is 0 Å². The van der Waals surface area contributed by atoms with E-state index in [2.05, 4.69) is 11.3 Å². The van der Waals surface area contributed by atoms with Crippen molar-refractivity contribution in [2.45, 2.75) is 12.5 Å². The van der Waals surface area contributed by atoms with E-state index in [1.54, 1.807) is 30.3 Å². The van der Waals surface area contributed by atoms with Crippen molar-refractivity contribution in [2.75, 3.05) is 6.61 Å². The first-order valence-electron chi connectivity index (χ1n) is 5.35. The number of hydrogen-bond donors (Lipinski definition) is 1. The lowest BCUT2D eigenvalue weighted by atomic mass is 10.2. The monoisotopic (exact) mass is 250 g/mol. The molecular weight excluding hydrogens is 236 g/mol. The predicted molar refractivity (Wildman–Crippen MR) is 63.9 cm³/mol. The first-order valence-corrected chi connectivity index (χ1v) is 5.35. The van der Waals surface area contributed by atoms with Crippen molar-refractivity contribution in [3.05, 3.63) is 43.0 Å². The molecule has 0 aliphatic rings. The average molecular weight is 250 g/mol. The second kappa shape index (κ2) is 7.24. The van der Waals surface area contributed by atoms with Crippen LogP contribution in [0.5, 0.6) is 5.75 Å². The predicted octanol–water partition coefficient (Wildman–Crippen LogP) is 1.07. The fourth-order valence-electron chi connectivity index (χ4n) is 1.15. The molecule has 0 heterocycles. The van der Waals surface area contributed by atoms with Crippen molar-refractivity contribution in [1.29, 1.82) is 0 Å². The van der Waals surface area contributed by atoms with E-state index in [-0.39, 0.29) is 13.0 Å². The molecule has 0 aliphatic heterocycles. The van der Waals surface area contributed by atoms with Gasteiger partial charge in [0.25, 0.3) is 0 Å². The second-order valence-corrected chi connectivity index (χ2v) is 3.48. The Balaban J connectivity index is 2.31. The van der Waals surface area contributed by atoms with E-state index < -0.39 is 18.0 Å². The van der Waals surface area contributed by atoms with Crippen LogP contribution in [0.25, 0.3) is 0 Å². The Kier molecular flexibility index (Phi) is 5.60. The van der Waals surface area contributed by atoms with Crippen LogP contribution in [0, 0.1) is 0 Å². The van der Waals surface area contributed by atoms with Crippen LogP contribution in [-0.4, -0.2) is 29.8 Å². The molecule has 1 rings (SSSR count). The van der Waals surface area contributed by atoms with Crippen LogP contribution in [0.3, 0.4) is 0 Å². The lowest BCUT2D eigenvalue weighted by Gasteiger charge is -2.10. The minimum absolute atomic E-state index is 0.251. The highest BCUT2D eigenvalue weighted by atomic mass is 16.5. The summed E-state index contributed by atoms with van der Waals surface area (Å²) in [4.78, 5) is 22.1. The van der Waals surface area contributed by atoms with Gasteiger partial charge in [-0.05, 0) is 12.1 Å². The Labute approximate surface area is 105 Å². The van der Waals surface area contributed by atoms with Crippen LogP contribution >= 0.6 is 0 Å². The first kappa shape index (κ1) is 13.9. The highest BCUT2D eigenvalue weighted by molar-refractivity contribution is 5.81. The molecule has 0 bridgehead atoms. The largest absolute Gasteiger partial charge is 0.460 e. The summed E-state index contributed by atoms with van der Waals surface area (Å²) < 4.78 is 9.55. The molecule has 1 N–H and O–H groups in total. The molecule has 5 nitrogen and oxygen atoms in total. The number of aliphatic hydroxyl groups excluding tert-OH is 1. The van der Waals surface area contributed by atoms with Crippen molar-refractivity contribution < 1.29 is 24.2 Å². The van der Waals surface area contributed by atoms with Crippen LogP contribution in [0.4, 0.5) is 0 Å². The minimum Gasteiger partial charge on any atom is -0.460 e. The number of para-hydroxylation sites is 1. The van der Waals surface area contributed by atoms with Crippen molar-refractivity contribution >= 4 is 11.9 Å². The third-order valence-corrected chi connectivity index (χ3v) is 1.96. The Morgan fingerprint density at radius 2 is 2.00 bits per heavy atom. The van der Waals surface area contributed by atoms with Gasteiger partial charge in [0.1, 0.15) is 12.4 Å². The topological polar surface area (TPSA) is 72.8 Å². The van der Waals surface area contributed by atoms with E-state index in [9.17, 15) is 14.7 Å².